The lowest BCUT2D eigenvalue weighted by atomic mass is 9.82. The van der Waals surface area contributed by atoms with E-state index in [1.165, 1.54) is 0 Å². The summed E-state index contributed by atoms with van der Waals surface area (Å²) >= 11 is 0. The van der Waals surface area contributed by atoms with Crippen molar-refractivity contribution < 1.29 is 14.7 Å². The lowest BCUT2D eigenvalue weighted by molar-refractivity contribution is -0.146. The zero-order valence-electron chi connectivity index (χ0n) is 14.3. The summed E-state index contributed by atoms with van der Waals surface area (Å²) in [5.41, 5.74) is 4.08. The molecular formula is C20H23NO3. The van der Waals surface area contributed by atoms with Gasteiger partial charge in [0.1, 0.15) is 0 Å². The first-order chi connectivity index (χ1) is 11.3. The molecule has 3 aliphatic rings. The first-order valence-corrected chi connectivity index (χ1v) is 8.65. The van der Waals surface area contributed by atoms with Crippen molar-refractivity contribution in [2.24, 2.45) is 29.1 Å². The van der Waals surface area contributed by atoms with Crippen molar-refractivity contribution in [3.05, 3.63) is 41.0 Å². The van der Waals surface area contributed by atoms with Gasteiger partial charge in [0.15, 0.2) is 0 Å². The number of aryl methyl sites for hydroxylation is 3. The second kappa shape index (κ2) is 4.95. The molecular weight excluding hydrogens is 302 g/mol. The van der Waals surface area contributed by atoms with Crippen LogP contribution in [0.5, 0.6) is 0 Å². The van der Waals surface area contributed by atoms with Gasteiger partial charge in [0.2, 0.25) is 5.91 Å². The van der Waals surface area contributed by atoms with Gasteiger partial charge in [-0.15, -0.1) is 0 Å². The number of nitrogens with one attached hydrogen (secondary N) is 1. The highest BCUT2D eigenvalue weighted by Crippen LogP contribution is 2.72. The van der Waals surface area contributed by atoms with E-state index in [0.29, 0.717) is 0 Å². The molecule has 4 rings (SSSR count). The number of hydrogen-bond acceptors (Lipinski definition) is 2. The number of amides is 1. The molecule has 2 N–H and O–H groups in total. The minimum Gasteiger partial charge on any atom is -0.481 e. The lowest BCUT2D eigenvalue weighted by Gasteiger charge is -2.24. The first kappa shape index (κ1) is 15.4. The van der Waals surface area contributed by atoms with E-state index in [-0.39, 0.29) is 23.2 Å². The number of carboxylic acids is 1. The maximum absolute atomic E-state index is 13.0. The van der Waals surface area contributed by atoms with Crippen LogP contribution in [0.1, 0.15) is 29.5 Å². The first-order valence-electron chi connectivity index (χ1n) is 8.65. The Morgan fingerprint density at radius 3 is 2.08 bits per heavy atom. The minimum atomic E-state index is -0.837. The molecule has 1 aromatic carbocycles. The monoisotopic (exact) mass is 325 g/mol. The van der Waals surface area contributed by atoms with E-state index in [9.17, 15) is 14.7 Å². The van der Waals surface area contributed by atoms with Crippen LogP contribution in [0.3, 0.4) is 0 Å². The van der Waals surface area contributed by atoms with Crippen molar-refractivity contribution in [3.63, 3.8) is 0 Å². The Hall–Kier alpha value is -2.10. The molecule has 0 aromatic heterocycles. The van der Waals surface area contributed by atoms with Gasteiger partial charge >= 0.3 is 5.97 Å². The molecule has 0 saturated heterocycles. The molecule has 3 aliphatic carbocycles. The number of carboxylic acid groups (broad SMARTS) is 1. The molecule has 1 amide bonds. The number of anilines is 1. The van der Waals surface area contributed by atoms with Crippen molar-refractivity contribution >= 4 is 17.6 Å². The Morgan fingerprint density at radius 1 is 1.04 bits per heavy atom. The van der Waals surface area contributed by atoms with Gasteiger partial charge < -0.3 is 10.4 Å². The molecule has 1 spiro atoms. The molecule has 0 aliphatic heterocycles. The third kappa shape index (κ3) is 1.98. The number of aliphatic carboxylic acids is 1. The normalized spacial score (nSPS) is 31.5. The highest BCUT2D eigenvalue weighted by molar-refractivity contribution is 5.97. The smallest absolute Gasteiger partial charge is 0.307 e. The van der Waals surface area contributed by atoms with E-state index in [2.05, 4.69) is 11.4 Å². The summed E-state index contributed by atoms with van der Waals surface area (Å²) in [5, 5.41) is 12.8. The molecule has 24 heavy (non-hydrogen) atoms. The van der Waals surface area contributed by atoms with Gasteiger partial charge in [0.25, 0.3) is 0 Å². The molecule has 4 heteroatoms. The average molecular weight is 325 g/mol. The van der Waals surface area contributed by atoms with Gasteiger partial charge in [0.05, 0.1) is 11.8 Å². The van der Waals surface area contributed by atoms with Crippen molar-refractivity contribution in [1.29, 1.82) is 0 Å². The predicted octanol–water partition coefficient (Wildman–Crippen LogP) is 3.46. The predicted molar refractivity (Wildman–Crippen MR) is 91.7 cm³/mol. The fourth-order valence-corrected chi connectivity index (χ4v) is 5.27. The van der Waals surface area contributed by atoms with Crippen LogP contribution in [-0.2, 0) is 9.59 Å². The third-order valence-corrected chi connectivity index (χ3v) is 6.35. The molecule has 2 saturated carbocycles. The minimum absolute atomic E-state index is 0.0240. The van der Waals surface area contributed by atoms with Crippen LogP contribution in [-0.4, -0.2) is 17.0 Å². The number of rotatable bonds is 3. The maximum Gasteiger partial charge on any atom is 0.307 e. The SMILES string of the molecule is Cc1cc(C)c(NC(=O)[C@H]2[C@@H](C(=O)O)[C@H]3C=C[C@@H]2C32CC2)c(C)c1. The van der Waals surface area contributed by atoms with E-state index in [1.54, 1.807) is 0 Å². The quantitative estimate of drug-likeness (QED) is 0.836. The van der Waals surface area contributed by atoms with Gasteiger partial charge in [0, 0.05) is 5.69 Å². The standard InChI is InChI=1S/C20H23NO3/c1-10-8-11(2)17(12(3)9-10)21-18(22)15-13-4-5-14(16(15)19(23)24)20(13)6-7-20/h4-5,8-9,13-16H,6-7H2,1-3H3,(H,21,22)(H,23,24)/t13-,14+,15+,16-/m0/s1. The number of hydrogen-bond donors (Lipinski definition) is 2. The van der Waals surface area contributed by atoms with Crippen LogP contribution in [0, 0.1) is 49.9 Å². The number of allylic oxidation sites excluding steroid dienone is 2. The Balaban J connectivity index is 1.65. The average Bonchev–Trinajstić information content (AvgIpc) is 3.16. The molecule has 4 nitrogen and oxygen atoms in total. The van der Waals surface area contributed by atoms with Crippen LogP contribution in [0.15, 0.2) is 24.3 Å². The Labute approximate surface area is 142 Å². The van der Waals surface area contributed by atoms with Crippen LogP contribution in [0.25, 0.3) is 0 Å². The van der Waals surface area contributed by atoms with Crippen molar-refractivity contribution in [3.8, 4) is 0 Å². The van der Waals surface area contributed by atoms with Crippen LogP contribution in [0.2, 0.25) is 0 Å². The molecule has 2 fully saturated rings. The maximum atomic E-state index is 13.0. The number of benzene rings is 1. The van der Waals surface area contributed by atoms with Gasteiger partial charge in [-0.25, -0.2) is 0 Å². The zero-order valence-corrected chi connectivity index (χ0v) is 14.3. The van der Waals surface area contributed by atoms with E-state index in [0.717, 1.165) is 35.2 Å². The molecule has 0 radical (unpaired) electrons. The second-order valence-corrected chi connectivity index (χ2v) is 7.82. The topological polar surface area (TPSA) is 66.4 Å². The van der Waals surface area contributed by atoms with Crippen LogP contribution < -0.4 is 5.32 Å². The summed E-state index contributed by atoms with van der Waals surface area (Å²) in [7, 11) is 0. The molecule has 0 heterocycles. The summed E-state index contributed by atoms with van der Waals surface area (Å²) in [6.07, 6.45) is 6.23. The van der Waals surface area contributed by atoms with E-state index in [1.807, 2.05) is 39.0 Å². The molecule has 1 aromatic rings. The fraction of sp³-hybridized carbons (Fsp3) is 0.500. The van der Waals surface area contributed by atoms with Gasteiger partial charge in [-0.2, -0.15) is 0 Å². The molecule has 126 valence electrons. The zero-order chi connectivity index (χ0) is 17.2. The summed E-state index contributed by atoms with van der Waals surface area (Å²) < 4.78 is 0. The highest BCUT2D eigenvalue weighted by atomic mass is 16.4. The number of carbonyl (C=O) groups is 2. The molecule has 2 bridgehead atoms. The molecule has 4 atom stereocenters. The summed E-state index contributed by atoms with van der Waals surface area (Å²) in [5.74, 6) is -1.92. The van der Waals surface area contributed by atoms with Crippen molar-refractivity contribution in [1.82, 2.24) is 0 Å². The summed E-state index contributed by atoms with van der Waals surface area (Å²) in [6, 6.07) is 4.08. The molecule has 0 unspecified atom stereocenters. The van der Waals surface area contributed by atoms with Gasteiger partial charge in [-0.05, 0) is 62.0 Å². The highest BCUT2D eigenvalue weighted by Gasteiger charge is 2.70. The van der Waals surface area contributed by atoms with Crippen molar-refractivity contribution in [2.75, 3.05) is 5.32 Å². The summed E-state index contributed by atoms with van der Waals surface area (Å²) in [4.78, 5) is 24.9. The van der Waals surface area contributed by atoms with Crippen LogP contribution >= 0.6 is 0 Å². The van der Waals surface area contributed by atoms with E-state index in [4.69, 9.17) is 0 Å². The van der Waals surface area contributed by atoms with E-state index < -0.39 is 17.8 Å². The van der Waals surface area contributed by atoms with Gasteiger partial charge in [-0.1, -0.05) is 29.8 Å². The summed E-state index contributed by atoms with van der Waals surface area (Å²) in [6.45, 7) is 5.99. The Morgan fingerprint density at radius 2 is 1.58 bits per heavy atom. The fourth-order valence-electron chi connectivity index (χ4n) is 5.27. The third-order valence-electron chi connectivity index (χ3n) is 6.35. The van der Waals surface area contributed by atoms with Gasteiger partial charge in [-0.3, -0.25) is 9.59 Å². The Kier molecular flexibility index (Phi) is 3.18. The largest absolute Gasteiger partial charge is 0.481 e. The number of carbonyl (C=O) groups excluding carboxylic acids is 1. The lowest BCUT2D eigenvalue weighted by Crippen LogP contribution is -2.36. The second-order valence-electron chi connectivity index (χ2n) is 7.82. The van der Waals surface area contributed by atoms with Crippen molar-refractivity contribution in [2.45, 2.75) is 33.6 Å². The van der Waals surface area contributed by atoms with E-state index >= 15 is 0 Å². The van der Waals surface area contributed by atoms with Crippen LogP contribution in [0.4, 0.5) is 5.69 Å². The Bertz CT molecular complexity index is 752.